The van der Waals surface area contributed by atoms with Gasteiger partial charge in [0, 0.05) is 10.5 Å². The van der Waals surface area contributed by atoms with Crippen molar-refractivity contribution in [2.45, 2.75) is 18.9 Å². The second-order valence-corrected chi connectivity index (χ2v) is 6.65. The highest BCUT2D eigenvalue weighted by Gasteiger charge is 2.24. The van der Waals surface area contributed by atoms with Crippen molar-refractivity contribution in [3.63, 3.8) is 0 Å². The molecule has 1 fully saturated rings. The van der Waals surface area contributed by atoms with Crippen LogP contribution in [0.25, 0.3) is 0 Å². The molecule has 0 atom stereocenters. The van der Waals surface area contributed by atoms with Crippen molar-refractivity contribution in [1.82, 2.24) is 4.98 Å². The maximum atomic E-state index is 13.6. The average Bonchev–Trinajstić information content (AvgIpc) is 3.16. The Bertz CT molecular complexity index is 701. The normalized spacial score (nSPS) is 14.0. The standard InChI is InChI=1S/C13H12BrFN4OS/c14-6-1-4-8(15)9(5-6)18-12(20)10-11(16)19-13(21-10)17-7-2-3-7/h1,4-5,7H,2-3,16H2,(H,17,19)(H,18,20). The summed E-state index contributed by atoms with van der Waals surface area (Å²) in [6.45, 7) is 0. The van der Waals surface area contributed by atoms with Crippen molar-refractivity contribution in [2.24, 2.45) is 0 Å². The van der Waals surface area contributed by atoms with Crippen molar-refractivity contribution in [2.75, 3.05) is 16.4 Å². The van der Waals surface area contributed by atoms with Crippen LogP contribution in [0.3, 0.4) is 0 Å². The summed E-state index contributed by atoms with van der Waals surface area (Å²) in [7, 11) is 0. The number of amides is 1. The molecule has 1 amide bonds. The van der Waals surface area contributed by atoms with E-state index in [2.05, 4.69) is 31.5 Å². The molecule has 1 heterocycles. The number of rotatable bonds is 4. The van der Waals surface area contributed by atoms with E-state index < -0.39 is 11.7 Å². The van der Waals surface area contributed by atoms with Gasteiger partial charge in [0.2, 0.25) is 0 Å². The van der Waals surface area contributed by atoms with Gasteiger partial charge in [-0.25, -0.2) is 9.37 Å². The van der Waals surface area contributed by atoms with E-state index in [1.54, 1.807) is 6.07 Å². The smallest absolute Gasteiger partial charge is 0.269 e. The van der Waals surface area contributed by atoms with Gasteiger partial charge in [0.05, 0.1) is 5.69 Å². The SMILES string of the molecule is Nc1nc(NC2CC2)sc1C(=O)Nc1cc(Br)ccc1F. The van der Waals surface area contributed by atoms with E-state index in [-0.39, 0.29) is 16.4 Å². The molecule has 0 unspecified atom stereocenters. The summed E-state index contributed by atoms with van der Waals surface area (Å²) in [6, 6.07) is 4.75. The lowest BCUT2D eigenvalue weighted by molar-refractivity contribution is 0.103. The number of carbonyl (C=O) groups is 1. The Morgan fingerprint density at radius 1 is 1.48 bits per heavy atom. The summed E-state index contributed by atoms with van der Waals surface area (Å²) >= 11 is 4.40. The fourth-order valence-electron chi connectivity index (χ4n) is 1.73. The van der Waals surface area contributed by atoms with Crippen LogP contribution >= 0.6 is 27.3 Å². The zero-order valence-electron chi connectivity index (χ0n) is 10.8. The number of hydrogen-bond acceptors (Lipinski definition) is 5. The van der Waals surface area contributed by atoms with Gasteiger partial charge in [-0.05, 0) is 31.0 Å². The number of nitrogen functional groups attached to an aromatic ring is 1. The fourth-order valence-corrected chi connectivity index (χ4v) is 2.95. The fraction of sp³-hybridized carbons (Fsp3) is 0.231. The molecule has 1 aromatic carbocycles. The first-order valence-electron chi connectivity index (χ1n) is 6.32. The lowest BCUT2D eigenvalue weighted by atomic mass is 10.3. The van der Waals surface area contributed by atoms with E-state index >= 15 is 0 Å². The van der Waals surface area contributed by atoms with Gasteiger partial charge in [-0.2, -0.15) is 0 Å². The monoisotopic (exact) mass is 370 g/mol. The van der Waals surface area contributed by atoms with Gasteiger partial charge in [-0.1, -0.05) is 27.3 Å². The number of halogens is 2. The van der Waals surface area contributed by atoms with Crippen LogP contribution in [0.1, 0.15) is 22.5 Å². The number of carbonyl (C=O) groups excluding carboxylic acids is 1. The van der Waals surface area contributed by atoms with Gasteiger partial charge in [0.1, 0.15) is 16.5 Å². The summed E-state index contributed by atoms with van der Waals surface area (Å²) in [6.07, 6.45) is 2.20. The molecular formula is C13H12BrFN4OS. The predicted molar refractivity (Wildman–Crippen MR) is 85.2 cm³/mol. The van der Waals surface area contributed by atoms with Gasteiger partial charge >= 0.3 is 0 Å². The van der Waals surface area contributed by atoms with E-state index in [1.807, 2.05) is 0 Å². The Hall–Kier alpha value is -1.67. The second kappa shape index (κ2) is 5.61. The Balaban J connectivity index is 1.78. The molecule has 1 aliphatic carbocycles. The second-order valence-electron chi connectivity index (χ2n) is 4.73. The van der Waals surface area contributed by atoms with E-state index in [1.165, 1.54) is 23.5 Å². The van der Waals surface area contributed by atoms with Crippen LogP contribution in [0.5, 0.6) is 0 Å². The van der Waals surface area contributed by atoms with E-state index in [9.17, 15) is 9.18 Å². The van der Waals surface area contributed by atoms with E-state index in [0.29, 0.717) is 15.6 Å². The first-order valence-corrected chi connectivity index (χ1v) is 7.93. The zero-order chi connectivity index (χ0) is 15.0. The third-order valence-electron chi connectivity index (χ3n) is 2.94. The molecule has 21 heavy (non-hydrogen) atoms. The minimum atomic E-state index is -0.508. The molecular weight excluding hydrogens is 359 g/mol. The number of thiazole rings is 1. The third-order valence-corrected chi connectivity index (χ3v) is 4.44. The Labute approximate surface area is 132 Å². The van der Waals surface area contributed by atoms with E-state index in [4.69, 9.17) is 5.73 Å². The number of anilines is 3. The molecule has 8 heteroatoms. The molecule has 1 aromatic heterocycles. The summed E-state index contributed by atoms with van der Waals surface area (Å²) in [5.74, 6) is -0.826. The molecule has 3 rings (SSSR count). The number of benzene rings is 1. The first kappa shape index (κ1) is 14.3. The van der Waals surface area contributed by atoms with Crippen molar-refractivity contribution in [3.05, 3.63) is 33.4 Å². The molecule has 0 spiro atoms. The molecule has 0 aliphatic heterocycles. The van der Waals surface area contributed by atoms with Crippen LogP contribution in [-0.2, 0) is 0 Å². The maximum absolute atomic E-state index is 13.6. The van der Waals surface area contributed by atoms with Gasteiger partial charge in [-0.15, -0.1) is 0 Å². The molecule has 1 aliphatic rings. The lowest BCUT2D eigenvalue weighted by Gasteiger charge is -2.05. The molecule has 0 bridgehead atoms. The number of nitrogens with one attached hydrogen (secondary N) is 2. The van der Waals surface area contributed by atoms with Crippen LogP contribution in [0.2, 0.25) is 0 Å². The van der Waals surface area contributed by atoms with Crippen LogP contribution in [0.15, 0.2) is 22.7 Å². The molecule has 5 nitrogen and oxygen atoms in total. The maximum Gasteiger partial charge on any atom is 0.269 e. The molecule has 4 N–H and O–H groups in total. The van der Waals surface area contributed by atoms with E-state index in [0.717, 1.165) is 12.8 Å². The zero-order valence-corrected chi connectivity index (χ0v) is 13.2. The highest BCUT2D eigenvalue weighted by atomic mass is 79.9. The summed E-state index contributed by atoms with van der Waals surface area (Å²) in [5, 5.41) is 6.31. The largest absolute Gasteiger partial charge is 0.382 e. The predicted octanol–water partition coefficient (Wildman–Crippen LogP) is 3.45. The summed E-state index contributed by atoms with van der Waals surface area (Å²) in [4.78, 5) is 16.6. The molecule has 2 aromatic rings. The van der Waals surface area contributed by atoms with Crippen molar-refractivity contribution in [3.8, 4) is 0 Å². The Morgan fingerprint density at radius 2 is 2.24 bits per heavy atom. The van der Waals surface area contributed by atoms with Gasteiger partial charge in [0.15, 0.2) is 5.13 Å². The molecule has 1 saturated carbocycles. The Kier molecular flexibility index (Phi) is 3.81. The van der Waals surface area contributed by atoms with Crippen molar-refractivity contribution < 1.29 is 9.18 Å². The minimum absolute atomic E-state index is 0.0962. The highest BCUT2D eigenvalue weighted by Crippen LogP contribution is 2.31. The number of aromatic nitrogens is 1. The third kappa shape index (κ3) is 3.33. The number of hydrogen-bond donors (Lipinski definition) is 3. The summed E-state index contributed by atoms with van der Waals surface area (Å²) in [5.41, 5.74) is 5.85. The van der Waals surface area contributed by atoms with Crippen LogP contribution in [0.4, 0.5) is 21.0 Å². The first-order chi connectivity index (χ1) is 10.0. The topological polar surface area (TPSA) is 80.0 Å². The van der Waals surface area contributed by atoms with Gasteiger partial charge in [0.25, 0.3) is 5.91 Å². The van der Waals surface area contributed by atoms with Gasteiger partial charge in [-0.3, -0.25) is 4.79 Å². The highest BCUT2D eigenvalue weighted by molar-refractivity contribution is 9.10. The average molecular weight is 371 g/mol. The minimum Gasteiger partial charge on any atom is -0.382 e. The lowest BCUT2D eigenvalue weighted by Crippen LogP contribution is -2.13. The van der Waals surface area contributed by atoms with Crippen LogP contribution in [-0.4, -0.2) is 16.9 Å². The Morgan fingerprint density at radius 3 is 2.95 bits per heavy atom. The number of nitrogens with two attached hydrogens (primary N) is 1. The molecule has 0 radical (unpaired) electrons. The quantitative estimate of drug-likeness (QED) is 0.769. The van der Waals surface area contributed by atoms with Crippen molar-refractivity contribution in [1.29, 1.82) is 0 Å². The van der Waals surface area contributed by atoms with Crippen LogP contribution < -0.4 is 16.4 Å². The molecule has 0 saturated heterocycles. The van der Waals surface area contributed by atoms with Crippen molar-refractivity contribution >= 4 is 49.8 Å². The van der Waals surface area contributed by atoms with Crippen LogP contribution in [0, 0.1) is 5.82 Å². The summed E-state index contributed by atoms with van der Waals surface area (Å²) < 4.78 is 14.3. The van der Waals surface area contributed by atoms with Gasteiger partial charge < -0.3 is 16.4 Å². The molecule has 110 valence electrons. The number of nitrogens with zero attached hydrogens (tertiary/aromatic N) is 1.